The van der Waals surface area contributed by atoms with Crippen LogP contribution in [0.3, 0.4) is 0 Å². The predicted molar refractivity (Wildman–Crippen MR) is 59.5 cm³/mol. The van der Waals surface area contributed by atoms with Crippen LogP contribution >= 0.6 is 0 Å². The molecule has 0 heterocycles. The van der Waals surface area contributed by atoms with Crippen LogP contribution in [0.2, 0.25) is 0 Å². The second kappa shape index (κ2) is 7.61. The van der Waals surface area contributed by atoms with E-state index >= 15 is 0 Å². The van der Waals surface area contributed by atoms with Crippen LogP contribution in [0.15, 0.2) is 0 Å². The third-order valence-electron chi connectivity index (χ3n) is 2.28. The number of carbonyl (C=O) groups is 3. The molecule has 7 heteroatoms. The van der Waals surface area contributed by atoms with Crippen LogP contribution in [-0.4, -0.2) is 54.2 Å². The smallest absolute Gasteiger partial charge is 0.329 e. The standard InChI is InChI=1S/C10H18N2O5/c1-4-7(2)12(3)10(16)11-8(13)5-17-6-9(14)15/h7H,4-6H2,1-3H3,(H,14,15)(H,11,13,16). The number of rotatable bonds is 6. The summed E-state index contributed by atoms with van der Waals surface area (Å²) in [7, 11) is 1.58. The van der Waals surface area contributed by atoms with E-state index in [0.717, 1.165) is 6.42 Å². The molecule has 0 aliphatic rings. The molecule has 0 aromatic rings. The van der Waals surface area contributed by atoms with E-state index in [1.807, 2.05) is 13.8 Å². The Kier molecular flexibility index (Phi) is 6.88. The molecule has 0 rings (SSSR count). The van der Waals surface area contributed by atoms with Gasteiger partial charge in [-0.05, 0) is 13.3 Å². The maximum Gasteiger partial charge on any atom is 0.329 e. The number of ether oxygens (including phenoxy) is 1. The Morgan fingerprint density at radius 2 is 1.94 bits per heavy atom. The van der Waals surface area contributed by atoms with Crippen molar-refractivity contribution in [1.29, 1.82) is 0 Å². The van der Waals surface area contributed by atoms with Gasteiger partial charge in [0.05, 0.1) is 0 Å². The molecule has 0 radical (unpaired) electrons. The van der Waals surface area contributed by atoms with Crippen molar-refractivity contribution in [2.75, 3.05) is 20.3 Å². The van der Waals surface area contributed by atoms with E-state index in [1.165, 1.54) is 4.90 Å². The van der Waals surface area contributed by atoms with Crippen LogP contribution in [0, 0.1) is 0 Å². The summed E-state index contributed by atoms with van der Waals surface area (Å²) >= 11 is 0. The number of carboxylic acid groups (broad SMARTS) is 1. The number of nitrogens with zero attached hydrogens (tertiary/aromatic N) is 1. The molecular formula is C10H18N2O5. The monoisotopic (exact) mass is 246 g/mol. The molecule has 0 bridgehead atoms. The zero-order chi connectivity index (χ0) is 13.4. The van der Waals surface area contributed by atoms with Crippen molar-refractivity contribution in [3.63, 3.8) is 0 Å². The number of amides is 3. The van der Waals surface area contributed by atoms with Gasteiger partial charge in [0.15, 0.2) is 0 Å². The molecule has 0 aromatic heterocycles. The molecular weight excluding hydrogens is 228 g/mol. The summed E-state index contributed by atoms with van der Waals surface area (Å²) in [6.45, 7) is 2.76. The van der Waals surface area contributed by atoms with Crippen LogP contribution in [0.25, 0.3) is 0 Å². The molecule has 0 saturated carbocycles. The average Bonchev–Trinajstić information content (AvgIpc) is 2.26. The molecule has 1 unspecified atom stereocenters. The van der Waals surface area contributed by atoms with Crippen molar-refractivity contribution in [1.82, 2.24) is 10.2 Å². The molecule has 0 aliphatic carbocycles. The molecule has 0 saturated heterocycles. The van der Waals surface area contributed by atoms with Crippen LogP contribution < -0.4 is 5.32 Å². The second-order valence-electron chi connectivity index (χ2n) is 3.61. The Morgan fingerprint density at radius 1 is 1.35 bits per heavy atom. The van der Waals surface area contributed by atoms with Gasteiger partial charge in [0.25, 0.3) is 5.91 Å². The molecule has 98 valence electrons. The van der Waals surface area contributed by atoms with Gasteiger partial charge in [-0.1, -0.05) is 6.92 Å². The normalized spacial score (nSPS) is 11.7. The topological polar surface area (TPSA) is 95.9 Å². The molecule has 2 N–H and O–H groups in total. The minimum absolute atomic E-state index is 0.0164. The number of imide groups is 1. The van der Waals surface area contributed by atoms with Crippen molar-refractivity contribution in [2.24, 2.45) is 0 Å². The van der Waals surface area contributed by atoms with Crippen LogP contribution in [0.5, 0.6) is 0 Å². The average molecular weight is 246 g/mol. The Hall–Kier alpha value is -1.63. The third kappa shape index (κ3) is 6.52. The summed E-state index contributed by atoms with van der Waals surface area (Å²) in [6.07, 6.45) is 0.771. The van der Waals surface area contributed by atoms with Crippen LogP contribution in [0.4, 0.5) is 4.79 Å². The van der Waals surface area contributed by atoms with E-state index in [-0.39, 0.29) is 6.04 Å². The van der Waals surface area contributed by atoms with Crippen molar-refractivity contribution >= 4 is 17.9 Å². The quantitative estimate of drug-likeness (QED) is 0.690. The fourth-order valence-corrected chi connectivity index (χ4v) is 0.949. The maximum absolute atomic E-state index is 11.5. The van der Waals surface area contributed by atoms with Gasteiger partial charge in [0.2, 0.25) is 0 Å². The molecule has 0 aromatic carbocycles. The molecule has 3 amide bonds. The summed E-state index contributed by atoms with van der Waals surface area (Å²) in [4.78, 5) is 34.2. The van der Waals surface area contributed by atoms with Gasteiger partial charge < -0.3 is 14.7 Å². The van der Waals surface area contributed by atoms with E-state index in [1.54, 1.807) is 7.05 Å². The van der Waals surface area contributed by atoms with Crippen LogP contribution in [-0.2, 0) is 14.3 Å². The summed E-state index contributed by atoms with van der Waals surface area (Å²) in [5.41, 5.74) is 0. The Labute approximate surface area is 99.7 Å². The lowest BCUT2D eigenvalue weighted by Crippen LogP contribution is -2.45. The number of hydrogen-bond donors (Lipinski definition) is 2. The minimum Gasteiger partial charge on any atom is -0.480 e. The first-order valence-corrected chi connectivity index (χ1v) is 5.24. The lowest BCUT2D eigenvalue weighted by molar-refractivity contribution is -0.143. The molecule has 1 atom stereocenters. The van der Waals surface area contributed by atoms with Gasteiger partial charge in [0, 0.05) is 13.1 Å². The first-order chi connectivity index (χ1) is 7.88. The number of carbonyl (C=O) groups excluding carboxylic acids is 2. The molecule has 0 aliphatic heterocycles. The van der Waals surface area contributed by atoms with E-state index < -0.39 is 31.1 Å². The summed E-state index contributed by atoms with van der Waals surface area (Å²) in [5.74, 6) is -1.83. The lowest BCUT2D eigenvalue weighted by Gasteiger charge is -2.23. The second-order valence-corrected chi connectivity index (χ2v) is 3.61. The molecule has 7 nitrogen and oxygen atoms in total. The predicted octanol–water partition coefficient (Wildman–Crippen LogP) is 0.0541. The van der Waals surface area contributed by atoms with Gasteiger partial charge >= 0.3 is 12.0 Å². The first-order valence-electron chi connectivity index (χ1n) is 5.24. The largest absolute Gasteiger partial charge is 0.480 e. The lowest BCUT2D eigenvalue weighted by atomic mass is 10.2. The van der Waals surface area contributed by atoms with Gasteiger partial charge in [-0.15, -0.1) is 0 Å². The Morgan fingerprint density at radius 3 is 2.41 bits per heavy atom. The highest BCUT2D eigenvalue weighted by Crippen LogP contribution is 1.99. The van der Waals surface area contributed by atoms with Gasteiger partial charge in [-0.2, -0.15) is 0 Å². The Bertz CT molecular complexity index is 292. The summed E-state index contributed by atoms with van der Waals surface area (Å²) in [5, 5.41) is 10.4. The third-order valence-corrected chi connectivity index (χ3v) is 2.28. The zero-order valence-electron chi connectivity index (χ0n) is 10.2. The highest BCUT2D eigenvalue weighted by Gasteiger charge is 2.16. The highest BCUT2D eigenvalue weighted by molar-refractivity contribution is 5.95. The van der Waals surface area contributed by atoms with Gasteiger partial charge in [0.1, 0.15) is 13.2 Å². The number of urea groups is 1. The maximum atomic E-state index is 11.5. The zero-order valence-corrected chi connectivity index (χ0v) is 10.2. The van der Waals surface area contributed by atoms with Gasteiger partial charge in [-0.25, -0.2) is 9.59 Å². The fraction of sp³-hybridized carbons (Fsp3) is 0.700. The number of carboxylic acids is 1. The number of hydrogen-bond acceptors (Lipinski definition) is 4. The first kappa shape index (κ1) is 15.4. The summed E-state index contributed by atoms with van der Waals surface area (Å²) in [6, 6.07) is -0.508. The molecule has 17 heavy (non-hydrogen) atoms. The van der Waals surface area contributed by atoms with E-state index in [0.29, 0.717) is 0 Å². The van der Waals surface area contributed by atoms with E-state index in [9.17, 15) is 14.4 Å². The van der Waals surface area contributed by atoms with Crippen molar-refractivity contribution < 1.29 is 24.2 Å². The fourth-order valence-electron chi connectivity index (χ4n) is 0.949. The minimum atomic E-state index is -1.17. The molecule has 0 spiro atoms. The molecule has 0 fully saturated rings. The number of aliphatic carboxylic acids is 1. The van der Waals surface area contributed by atoms with E-state index in [4.69, 9.17) is 5.11 Å². The van der Waals surface area contributed by atoms with Crippen molar-refractivity contribution in [3.05, 3.63) is 0 Å². The highest BCUT2D eigenvalue weighted by atomic mass is 16.5. The van der Waals surface area contributed by atoms with E-state index in [2.05, 4.69) is 10.1 Å². The van der Waals surface area contributed by atoms with Crippen LogP contribution in [0.1, 0.15) is 20.3 Å². The summed E-state index contributed by atoms with van der Waals surface area (Å²) < 4.78 is 4.54. The SMILES string of the molecule is CCC(C)N(C)C(=O)NC(=O)COCC(=O)O. The van der Waals surface area contributed by atoms with Crippen molar-refractivity contribution in [3.8, 4) is 0 Å². The Balaban J connectivity index is 3.95. The van der Waals surface area contributed by atoms with Crippen molar-refractivity contribution in [2.45, 2.75) is 26.3 Å². The number of nitrogens with one attached hydrogen (secondary N) is 1. The van der Waals surface area contributed by atoms with Gasteiger partial charge in [-0.3, -0.25) is 10.1 Å².